The molecule has 5 rings (SSSR count). The number of carbonyl (C=O) groups excluding carboxylic acids is 2. The Morgan fingerprint density at radius 3 is 2.69 bits per heavy atom. The summed E-state index contributed by atoms with van der Waals surface area (Å²) in [6, 6.07) is 13.6. The first-order valence-corrected chi connectivity index (χ1v) is 11.0. The number of hydrogen-bond acceptors (Lipinski definition) is 4. The number of nitrogens with one attached hydrogen (secondary N) is 1. The highest BCUT2D eigenvalue weighted by molar-refractivity contribution is 5.98. The maximum absolute atomic E-state index is 12.8. The van der Waals surface area contributed by atoms with Gasteiger partial charge in [0.1, 0.15) is 5.82 Å². The molecule has 1 aliphatic rings. The van der Waals surface area contributed by atoms with Gasteiger partial charge in [0, 0.05) is 45.2 Å². The third-order valence-corrected chi connectivity index (χ3v) is 6.28. The molecule has 8 nitrogen and oxygen atoms in total. The highest BCUT2D eigenvalue weighted by Gasteiger charge is 2.36. The molecule has 1 fully saturated rings. The summed E-state index contributed by atoms with van der Waals surface area (Å²) in [7, 11) is 1.99. The Kier molecular flexibility index (Phi) is 5.13. The van der Waals surface area contributed by atoms with Crippen molar-refractivity contribution in [3.63, 3.8) is 0 Å². The molecule has 1 saturated heterocycles. The van der Waals surface area contributed by atoms with E-state index in [9.17, 15) is 9.59 Å². The number of aromatic nitrogens is 4. The Hall–Kier alpha value is -3.68. The third kappa shape index (κ3) is 3.51. The number of nitrogens with zero attached hydrogens (tertiary/aromatic N) is 5. The number of amides is 2. The predicted octanol–water partition coefficient (Wildman–Crippen LogP) is 2.37. The topological polar surface area (TPSA) is 85.1 Å². The number of fused-ring (bicyclic) bond motifs is 2. The lowest BCUT2D eigenvalue weighted by molar-refractivity contribution is -0.128. The van der Waals surface area contributed by atoms with Crippen LogP contribution in [0.2, 0.25) is 0 Å². The zero-order valence-corrected chi connectivity index (χ0v) is 18.3. The molecule has 0 bridgehead atoms. The average Bonchev–Trinajstić information content (AvgIpc) is 3.33. The first kappa shape index (κ1) is 20.2. The van der Waals surface area contributed by atoms with Crippen LogP contribution < -0.4 is 5.32 Å². The fourth-order valence-corrected chi connectivity index (χ4v) is 4.30. The van der Waals surface area contributed by atoms with Crippen molar-refractivity contribution in [3.05, 3.63) is 60.2 Å². The van der Waals surface area contributed by atoms with Crippen LogP contribution >= 0.6 is 0 Å². The summed E-state index contributed by atoms with van der Waals surface area (Å²) >= 11 is 0. The number of likely N-dealkylation sites (tertiary alicyclic amines) is 1. The van der Waals surface area contributed by atoms with Crippen molar-refractivity contribution < 1.29 is 9.59 Å². The molecule has 164 valence electrons. The predicted molar refractivity (Wildman–Crippen MR) is 122 cm³/mol. The highest BCUT2D eigenvalue weighted by Crippen LogP contribution is 2.22. The Morgan fingerprint density at radius 1 is 1.09 bits per heavy atom. The first-order chi connectivity index (χ1) is 15.5. The molecule has 8 heteroatoms. The molecule has 0 radical (unpaired) electrons. The van der Waals surface area contributed by atoms with Gasteiger partial charge in [-0.25, -0.2) is 9.97 Å². The van der Waals surface area contributed by atoms with Gasteiger partial charge in [-0.1, -0.05) is 12.1 Å². The quantitative estimate of drug-likeness (QED) is 0.509. The maximum atomic E-state index is 12.8. The van der Waals surface area contributed by atoms with Gasteiger partial charge in [0.05, 0.1) is 34.3 Å². The molecular weight excluding hydrogens is 404 g/mol. The van der Waals surface area contributed by atoms with Crippen LogP contribution in [0.4, 0.5) is 0 Å². The summed E-state index contributed by atoms with van der Waals surface area (Å²) in [5, 5.41) is 2.99. The van der Waals surface area contributed by atoms with E-state index in [2.05, 4.69) is 26.8 Å². The van der Waals surface area contributed by atoms with E-state index >= 15 is 0 Å². The zero-order chi connectivity index (χ0) is 22.2. The Labute approximate surface area is 185 Å². The van der Waals surface area contributed by atoms with Gasteiger partial charge in [-0.05, 0) is 37.3 Å². The van der Waals surface area contributed by atoms with Crippen LogP contribution in [-0.2, 0) is 24.8 Å². The Morgan fingerprint density at radius 2 is 1.91 bits per heavy atom. The van der Waals surface area contributed by atoms with Crippen LogP contribution in [-0.4, -0.2) is 55.5 Å². The molecule has 2 amide bonds. The summed E-state index contributed by atoms with van der Waals surface area (Å²) in [5.74, 6) is 0.715. The van der Waals surface area contributed by atoms with Crippen LogP contribution in [0.25, 0.3) is 22.1 Å². The summed E-state index contributed by atoms with van der Waals surface area (Å²) in [6.07, 6.45) is 2.45. The number of para-hydroxylation sites is 2. The largest absolute Gasteiger partial charge is 0.355 e. The van der Waals surface area contributed by atoms with Crippen molar-refractivity contribution in [3.8, 4) is 0 Å². The van der Waals surface area contributed by atoms with Gasteiger partial charge < -0.3 is 19.4 Å². The SMILES string of the molecule is CCn1cnc2cc(C(=O)N3CC(C(=O)NCCc4nc5ccccc5n4C)C3)ccc21. The minimum atomic E-state index is -0.164. The van der Waals surface area contributed by atoms with Crippen LogP contribution in [0.15, 0.2) is 48.8 Å². The fraction of sp³-hybridized carbons (Fsp3) is 0.333. The number of imidazole rings is 2. The molecule has 0 aliphatic carbocycles. The molecular formula is C24H26N6O2. The summed E-state index contributed by atoms with van der Waals surface area (Å²) in [5.41, 5.74) is 4.49. The minimum Gasteiger partial charge on any atom is -0.355 e. The lowest BCUT2D eigenvalue weighted by Crippen LogP contribution is -2.55. The fourth-order valence-electron chi connectivity index (χ4n) is 4.30. The second-order valence-electron chi connectivity index (χ2n) is 8.26. The van der Waals surface area contributed by atoms with Gasteiger partial charge in [0.15, 0.2) is 0 Å². The third-order valence-electron chi connectivity index (χ3n) is 6.28. The van der Waals surface area contributed by atoms with Gasteiger partial charge >= 0.3 is 0 Å². The second-order valence-corrected chi connectivity index (χ2v) is 8.26. The van der Waals surface area contributed by atoms with Crippen LogP contribution in [0, 0.1) is 5.92 Å². The van der Waals surface area contributed by atoms with Crippen LogP contribution in [0.5, 0.6) is 0 Å². The molecule has 2 aromatic carbocycles. The van der Waals surface area contributed by atoms with Gasteiger partial charge in [0.2, 0.25) is 5.91 Å². The molecule has 0 saturated carbocycles. The van der Waals surface area contributed by atoms with Crippen molar-refractivity contribution in [1.82, 2.24) is 29.3 Å². The van der Waals surface area contributed by atoms with E-state index < -0.39 is 0 Å². The summed E-state index contributed by atoms with van der Waals surface area (Å²) in [4.78, 5) is 36.0. The molecule has 0 unspecified atom stereocenters. The van der Waals surface area contributed by atoms with Crippen molar-refractivity contribution in [2.75, 3.05) is 19.6 Å². The van der Waals surface area contributed by atoms with E-state index in [0.717, 1.165) is 34.4 Å². The molecule has 4 aromatic rings. The highest BCUT2D eigenvalue weighted by atomic mass is 16.2. The monoisotopic (exact) mass is 430 g/mol. The number of carbonyl (C=O) groups is 2. The van der Waals surface area contributed by atoms with E-state index in [1.807, 2.05) is 54.1 Å². The summed E-state index contributed by atoms with van der Waals surface area (Å²) in [6.45, 7) is 4.31. The van der Waals surface area contributed by atoms with E-state index in [4.69, 9.17) is 0 Å². The van der Waals surface area contributed by atoms with Crippen molar-refractivity contribution in [2.45, 2.75) is 19.9 Å². The van der Waals surface area contributed by atoms with Crippen LogP contribution in [0.3, 0.4) is 0 Å². The Balaban J connectivity index is 1.13. The smallest absolute Gasteiger partial charge is 0.253 e. The van der Waals surface area contributed by atoms with Crippen molar-refractivity contribution in [2.24, 2.45) is 13.0 Å². The molecule has 1 N–H and O–H groups in total. The van der Waals surface area contributed by atoms with Gasteiger partial charge in [-0.2, -0.15) is 0 Å². The Bertz CT molecular complexity index is 1310. The lowest BCUT2D eigenvalue weighted by Gasteiger charge is -2.38. The number of benzene rings is 2. The van der Waals surface area contributed by atoms with E-state index in [0.29, 0.717) is 31.6 Å². The zero-order valence-electron chi connectivity index (χ0n) is 18.3. The number of hydrogen-bond donors (Lipinski definition) is 1. The molecule has 0 spiro atoms. The average molecular weight is 431 g/mol. The normalized spacial score (nSPS) is 14.1. The van der Waals surface area contributed by atoms with Crippen LogP contribution in [0.1, 0.15) is 23.1 Å². The lowest BCUT2D eigenvalue weighted by atomic mass is 9.97. The summed E-state index contributed by atoms with van der Waals surface area (Å²) < 4.78 is 4.10. The standard InChI is InChI=1S/C24H26N6O2/c1-3-29-15-26-19-12-16(8-9-21(19)29)24(32)30-13-17(14-30)23(31)25-11-10-22-27-18-6-4-5-7-20(18)28(22)2/h4-9,12,15,17H,3,10-11,13-14H2,1-2H3,(H,25,31). The van der Waals surface area contributed by atoms with Gasteiger partial charge in [0.25, 0.3) is 5.91 Å². The second kappa shape index (κ2) is 8.11. The van der Waals surface area contributed by atoms with Gasteiger partial charge in [-0.15, -0.1) is 0 Å². The van der Waals surface area contributed by atoms with E-state index in [1.54, 1.807) is 11.2 Å². The van der Waals surface area contributed by atoms with Crippen molar-refractivity contribution >= 4 is 33.9 Å². The molecule has 32 heavy (non-hydrogen) atoms. The maximum Gasteiger partial charge on any atom is 0.253 e. The minimum absolute atomic E-state index is 0.00930. The molecule has 3 heterocycles. The first-order valence-electron chi connectivity index (χ1n) is 11.0. The number of aryl methyl sites for hydroxylation is 2. The molecule has 0 atom stereocenters. The molecule has 1 aliphatic heterocycles. The van der Waals surface area contributed by atoms with E-state index in [-0.39, 0.29) is 17.7 Å². The molecule has 2 aromatic heterocycles. The van der Waals surface area contributed by atoms with Crippen molar-refractivity contribution in [1.29, 1.82) is 0 Å². The van der Waals surface area contributed by atoms with E-state index in [1.165, 1.54) is 0 Å². The number of rotatable bonds is 6. The van der Waals surface area contributed by atoms with Gasteiger partial charge in [-0.3, -0.25) is 9.59 Å².